The number of allylic oxidation sites excluding steroid dienone is 2. The van der Waals surface area contributed by atoms with Gasteiger partial charge in [-0.3, -0.25) is 0 Å². The molecule has 0 saturated carbocycles. The fourth-order valence-electron chi connectivity index (χ4n) is 3.19. The van der Waals surface area contributed by atoms with Crippen LogP contribution in [0.1, 0.15) is 36.6 Å². The number of aryl methyl sites for hydroxylation is 1. The fraction of sp³-hybridized carbons (Fsp3) is 0.273. The Bertz CT molecular complexity index is 745. The molecule has 3 rings (SSSR count). The zero-order chi connectivity index (χ0) is 17.1. The third-order valence-electron chi connectivity index (χ3n) is 4.53. The van der Waals surface area contributed by atoms with E-state index in [2.05, 4.69) is 80.9 Å². The topological polar surface area (TPSA) is 12.0 Å². The van der Waals surface area contributed by atoms with E-state index < -0.39 is 0 Å². The van der Waals surface area contributed by atoms with Gasteiger partial charge in [-0.15, -0.1) is 18.3 Å². The van der Waals surface area contributed by atoms with Crippen LogP contribution < -0.4 is 5.32 Å². The summed E-state index contributed by atoms with van der Waals surface area (Å²) in [5.41, 5.74) is 6.19. The highest BCUT2D eigenvalue weighted by Crippen LogP contribution is 2.50. The van der Waals surface area contributed by atoms with Crippen molar-refractivity contribution in [2.45, 2.75) is 36.8 Å². The van der Waals surface area contributed by atoms with Gasteiger partial charge in [0, 0.05) is 21.8 Å². The minimum Gasteiger partial charge on any atom is -0.358 e. The highest BCUT2D eigenvalue weighted by molar-refractivity contribution is 7.99. The van der Waals surface area contributed by atoms with Gasteiger partial charge in [0.2, 0.25) is 0 Å². The van der Waals surface area contributed by atoms with E-state index in [-0.39, 0.29) is 0 Å². The van der Waals surface area contributed by atoms with Gasteiger partial charge in [0.1, 0.15) is 0 Å². The van der Waals surface area contributed by atoms with Crippen LogP contribution in [0.4, 0.5) is 5.69 Å². The molecule has 0 fully saturated rings. The monoisotopic (exact) mass is 335 g/mol. The molecular formula is C22H25NS. The lowest BCUT2D eigenvalue weighted by Gasteiger charge is -2.26. The number of benzene rings is 2. The van der Waals surface area contributed by atoms with Gasteiger partial charge in [-0.25, -0.2) is 0 Å². The lowest BCUT2D eigenvalue weighted by molar-refractivity contribution is 0.599. The minimum atomic E-state index is 0.326. The van der Waals surface area contributed by atoms with Crippen molar-refractivity contribution in [2.24, 2.45) is 5.92 Å². The van der Waals surface area contributed by atoms with Gasteiger partial charge >= 0.3 is 0 Å². The predicted octanol–water partition coefficient (Wildman–Crippen LogP) is 6.60. The second-order valence-corrected chi connectivity index (χ2v) is 7.73. The van der Waals surface area contributed by atoms with Crippen molar-refractivity contribution in [2.75, 3.05) is 5.32 Å². The molecule has 124 valence electrons. The van der Waals surface area contributed by atoms with Crippen LogP contribution in [0.5, 0.6) is 0 Å². The number of para-hydroxylation sites is 1. The molecule has 0 saturated heterocycles. The fourth-order valence-corrected chi connectivity index (χ4v) is 4.58. The Kier molecular flexibility index (Phi) is 5.15. The first-order valence-corrected chi connectivity index (χ1v) is 9.41. The van der Waals surface area contributed by atoms with Crippen molar-refractivity contribution in [3.63, 3.8) is 0 Å². The average molecular weight is 336 g/mol. The van der Waals surface area contributed by atoms with Crippen molar-refractivity contribution < 1.29 is 0 Å². The number of fused-ring (bicyclic) bond motifs is 1. The van der Waals surface area contributed by atoms with Gasteiger partial charge in [-0.05, 0) is 43.0 Å². The van der Waals surface area contributed by atoms with Crippen molar-refractivity contribution >= 4 is 17.4 Å². The Morgan fingerprint density at radius 1 is 1.12 bits per heavy atom. The molecule has 0 aromatic heterocycles. The van der Waals surface area contributed by atoms with Crippen LogP contribution in [0.3, 0.4) is 0 Å². The Morgan fingerprint density at radius 2 is 1.83 bits per heavy atom. The summed E-state index contributed by atoms with van der Waals surface area (Å²) in [6.45, 7) is 12.8. The minimum absolute atomic E-state index is 0.326. The first kappa shape index (κ1) is 16.9. The molecule has 1 nitrogen and oxygen atoms in total. The summed E-state index contributed by atoms with van der Waals surface area (Å²) in [6.07, 6.45) is 2.03. The molecule has 0 amide bonds. The van der Waals surface area contributed by atoms with Gasteiger partial charge in [0.15, 0.2) is 0 Å². The summed E-state index contributed by atoms with van der Waals surface area (Å²) < 4.78 is 0. The van der Waals surface area contributed by atoms with E-state index in [1.807, 2.05) is 11.8 Å². The maximum absolute atomic E-state index is 4.35. The smallest absolute Gasteiger partial charge is 0.0520 e. The number of anilines is 1. The van der Waals surface area contributed by atoms with Crippen molar-refractivity contribution in [1.82, 2.24) is 0 Å². The molecular weight excluding hydrogens is 310 g/mol. The normalized spacial score (nSPS) is 20.0. The zero-order valence-corrected chi connectivity index (χ0v) is 15.3. The van der Waals surface area contributed by atoms with Gasteiger partial charge in [-0.1, -0.05) is 55.5 Å². The van der Waals surface area contributed by atoms with Crippen LogP contribution in [0.25, 0.3) is 0 Å². The number of rotatable bonds is 4. The van der Waals surface area contributed by atoms with Crippen LogP contribution >= 0.6 is 11.8 Å². The Balaban J connectivity index is 2.02. The molecule has 0 aliphatic carbocycles. The molecule has 2 heteroatoms. The first-order chi connectivity index (χ1) is 11.6. The zero-order valence-electron chi connectivity index (χ0n) is 14.5. The Labute approximate surface area is 149 Å². The Morgan fingerprint density at radius 3 is 2.50 bits per heavy atom. The highest BCUT2D eigenvalue weighted by atomic mass is 32.2. The first-order valence-electron chi connectivity index (χ1n) is 8.53. The number of hydrogen-bond acceptors (Lipinski definition) is 2. The third kappa shape index (κ3) is 3.59. The van der Waals surface area contributed by atoms with Crippen LogP contribution in [0, 0.1) is 5.92 Å². The van der Waals surface area contributed by atoms with E-state index in [0.29, 0.717) is 11.2 Å². The van der Waals surface area contributed by atoms with Crippen LogP contribution in [0.15, 0.2) is 77.9 Å². The molecule has 24 heavy (non-hydrogen) atoms. The summed E-state index contributed by atoms with van der Waals surface area (Å²) in [5.74, 6) is 0.326. The maximum Gasteiger partial charge on any atom is 0.0520 e. The van der Waals surface area contributed by atoms with Gasteiger partial charge in [0.05, 0.1) is 5.69 Å². The van der Waals surface area contributed by atoms with E-state index in [0.717, 1.165) is 24.2 Å². The quantitative estimate of drug-likeness (QED) is 0.631. The van der Waals surface area contributed by atoms with Gasteiger partial charge in [-0.2, -0.15) is 0 Å². The van der Waals surface area contributed by atoms with Crippen LogP contribution in [-0.2, 0) is 6.42 Å². The molecule has 1 aliphatic heterocycles. The summed E-state index contributed by atoms with van der Waals surface area (Å²) in [4.78, 5) is 1.28. The van der Waals surface area contributed by atoms with Crippen molar-refractivity contribution in [3.05, 3.63) is 84.1 Å². The molecule has 2 aromatic rings. The molecule has 1 aliphatic rings. The van der Waals surface area contributed by atoms with Crippen LogP contribution in [0.2, 0.25) is 0 Å². The maximum atomic E-state index is 4.35. The average Bonchev–Trinajstić information content (AvgIpc) is 2.72. The SMILES string of the molecule is C=C(C)C[C@H]1C(=C)Nc2ccccc2S[C@H]1c1ccc(CC)cc1. The number of nitrogens with one attached hydrogen (secondary N) is 1. The standard InChI is InChI=1S/C22H25NS/c1-5-17-10-12-18(13-11-17)22-19(14-15(2)3)16(4)23-20-8-6-7-9-21(20)24-22/h6-13,19,22-23H,2,4-5,14H2,1,3H3/t19-,22-/m0/s1. The van der Waals surface area contributed by atoms with Crippen molar-refractivity contribution in [1.29, 1.82) is 0 Å². The molecule has 0 spiro atoms. The molecule has 1 N–H and O–H groups in total. The number of hydrogen-bond donors (Lipinski definition) is 1. The second kappa shape index (κ2) is 7.31. The van der Waals surface area contributed by atoms with E-state index in [9.17, 15) is 0 Å². The lowest BCUT2D eigenvalue weighted by atomic mass is 9.90. The van der Waals surface area contributed by atoms with Crippen molar-refractivity contribution in [3.8, 4) is 0 Å². The molecule has 2 atom stereocenters. The largest absolute Gasteiger partial charge is 0.358 e. The third-order valence-corrected chi connectivity index (χ3v) is 6.00. The van der Waals surface area contributed by atoms with Crippen LogP contribution in [-0.4, -0.2) is 0 Å². The molecule has 2 aromatic carbocycles. The molecule has 0 radical (unpaired) electrons. The highest BCUT2D eigenvalue weighted by Gasteiger charge is 2.30. The molecule has 0 bridgehead atoms. The molecule has 1 heterocycles. The lowest BCUT2D eigenvalue weighted by Crippen LogP contribution is -2.16. The number of thioether (sulfide) groups is 1. The summed E-state index contributed by atoms with van der Waals surface area (Å²) in [6, 6.07) is 17.6. The summed E-state index contributed by atoms with van der Waals surface area (Å²) in [5, 5.41) is 3.89. The second-order valence-electron chi connectivity index (χ2n) is 6.55. The van der Waals surface area contributed by atoms with E-state index in [1.54, 1.807) is 0 Å². The Hall–Kier alpha value is -1.93. The van der Waals surface area contributed by atoms with E-state index >= 15 is 0 Å². The van der Waals surface area contributed by atoms with Gasteiger partial charge in [0.25, 0.3) is 0 Å². The summed E-state index contributed by atoms with van der Waals surface area (Å²) in [7, 11) is 0. The van der Waals surface area contributed by atoms with Gasteiger partial charge < -0.3 is 5.32 Å². The predicted molar refractivity (Wildman–Crippen MR) is 107 cm³/mol. The molecule has 0 unspecified atom stereocenters. The van der Waals surface area contributed by atoms with E-state index in [4.69, 9.17) is 0 Å². The van der Waals surface area contributed by atoms with E-state index in [1.165, 1.54) is 21.6 Å². The summed E-state index contributed by atoms with van der Waals surface area (Å²) >= 11 is 1.93.